The molecule has 1 aliphatic heterocycles. The maximum Gasteiger partial charge on any atom is 0.171 e. The minimum atomic E-state index is 0.512. The molecule has 1 unspecified atom stereocenters. The van der Waals surface area contributed by atoms with Crippen molar-refractivity contribution in [3.63, 3.8) is 0 Å². The Morgan fingerprint density at radius 2 is 2.41 bits per heavy atom. The number of hydrogen-bond donors (Lipinski definition) is 1. The largest absolute Gasteiger partial charge is 0.493 e. The van der Waals surface area contributed by atoms with Crippen molar-refractivity contribution in [2.24, 2.45) is 5.73 Å². The van der Waals surface area contributed by atoms with Crippen LogP contribution in [0.5, 0.6) is 5.75 Å². The first-order valence-corrected chi connectivity index (χ1v) is 6.32. The maximum atomic E-state index is 5.69. The standard InChI is InChI=1S/C13H21N3O/c1-17-12-6-4-9-15-13(12)16-10-3-2-5-11(16)7-8-14/h4,6,9,11H,2-3,5,7-8,10,14H2,1H3. The Bertz CT molecular complexity index is 354. The highest BCUT2D eigenvalue weighted by atomic mass is 16.5. The van der Waals surface area contributed by atoms with Crippen molar-refractivity contribution in [3.05, 3.63) is 18.3 Å². The van der Waals surface area contributed by atoms with Gasteiger partial charge in [-0.2, -0.15) is 0 Å². The van der Waals surface area contributed by atoms with E-state index in [1.54, 1.807) is 7.11 Å². The van der Waals surface area contributed by atoms with Crippen molar-refractivity contribution in [1.82, 2.24) is 4.98 Å². The molecule has 1 atom stereocenters. The summed E-state index contributed by atoms with van der Waals surface area (Å²) in [4.78, 5) is 6.82. The zero-order chi connectivity index (χ0) is 12.1. The van der Waals surface area contributed by atoms with E-state index in [-0.39, 0.29) is 0 Å². The predicted octanol–water partition coefficient (Wildman–Crippen LogP) is 1.80. The number of methoxy groups -OCH3 is 1. The first-order chi connectivity index (χ1) is 8.36. The zero-order valence-electron chi connectivity index (χ0n) is 10.4. The van der Waals surface area contributed by atoms with E-state index in [9.17, 15) is 0 Å². The van der Waals surface area contributed by atoms with Crippen molar-refractivity contribution in [2.75, 3.05) is 25.1 Å². The first-order valence-electron chi connectivity index (χ1n) is 6.32. The van der Waals surface area contributed by atoms with Crippen molar-refractivity contribution in [2.45, 2.75) is 31.7 Å². The molecule has 1 saturated heterocycles. The monoisotopic (exact) mass is 235 g/mol. The van der Waals surface area contributed by atoms with Crippen LogP contribution in [0.2, 0.25) is 0 Å². The van der Waals surface area contributed by atoms with E-state index in [1.165, 1.54) is 19.3 Å². The second-order valence-corrected chi connectivity index (χ2v) is 4.45. The fourth-order valence-electron chi connectivity index (χ4n) is 2.53. The Labute approximate surface area is 103 Å². The van der Waals surface area contributed by atoms with Crippen LogP contribution in [0.1, 0.15) is 25.7 Å². The van der Waals surface area contributed by atoms with E-state index in [1.807, 2.05) is 18.3 Å². The third-order valence-corrected chi connectivity index (χ3v) is 3.37. The molecule has 1 aliphatic rings. The summed E-state index contributed by atoms with van der Waals surface area (Å²) in [6.45, 7) is 1.79. The average Bonchev–Trinajstić information content (AvgIpc) is 2.40. The molecule has 0 radical (unpaired) electrons. The number of pyridine rings is 1. The third kappa shape index (κ3) is 2.69. The molecule has 0 saturated carbocycles. The fraction of sp³-hybridized carbons (Fsp3) is 0.615. The molecular weight excluding hydrogens is 214 g/mol. The van der Waals surface area contributed by atoms with Crippen molar-refractivity contribution in [1.29, 1.82) is 0 Å². The van der Waals surface area contributed by atoms with Crippen LogP contribution >= 0.6 is 0 Å². The molecule has 0 spiro atoms. The topological polar surface area (TPSA) is 51.4 Å². The molecule has 1 aromatic rings. The van der Waals surface area contributed by atoms with Crippen LogP contribution in [0.3, 0.4) is 0 Å². The van der Waals surface area contributed by atoms with Gasteiger partial charge in [-0.15, -0.1) is 0 Å². The van der Waals surface area contributed by atoms with Gasteiger partial charge in [0, 0.05) is 18.8 Å². The molecule has 94 valence electrons. The van der Waals surface area contributed by atoms with E-state index < -0.39 is 0 Å². The van der Waals surface area contributed by atoms with Crippen LogP contribution in [-0.2, 0) is 0 Å². The quantitative estimate of drug-likeness (QED) is 0.864. The number of ether oxygens (including phenoxy) is 1. The number of nitrogens with zero attached hydrogens (tertiary/aromatic N) is 2. The molecule has 17 heavy (non-hydrogen) atoms. The number of rotatable bonds is 4. The number of anilines is 1. The van der Waals surface area contributed by atoms with Gasteiger partial charge in [-0.05, 0) is 44.4 Å². The highest BCUT2D eigenvalue weighted by Crippen LogP contribution is 2.31. The summed E-state index contributed by atoms with van der Waals surface area (Å²) in [6, 6.07) is 4.39. The summed E-state index contributed by atoms with van der Waals surface area (Å²) < 4.78 is 5.39. The van der Waals surface area contributed by atoms with E-state index in [0.29, 0.717) is 6.04 Å². The molecule has 2 rings (SSSR count). The molecule has 2 N–H and O–H groups in total. The first kappa shape index (κ1) is 12.2. The van der Waals surface area contributed by atoms with E-state index in [2.05, 4.69) is 9.88 Å². The number of hydrogen-bond acceptors (Lipinski definition) is 4. The molecule has 1 fully saturated rings. The van der Waals surface area contributed by atoms with Gasteiger partial charge in [0.05, 0.1) is 7.11 Å². The lowest BCUT2D eigenvalue weighted by molar-refractivity contribution is 0.397. The van der Waals surface area contributed by atoms with Crippen LogP contribution in [0.4, 0.5) is 5.82 Å². The second kappa shape index (κ2) is 5.87. The Morgan fingerprint density at radius 3 is 3.18 bits per heavy atom. The molecular formula is C13H21N3O. The van der Waals surface area contributed by atoms with E-state index in [4.69, 9.17) is 10.5 Å². The van der Waals surface area contributed by atoms with Crippen molar-refractivity contribution >= 4 is 5.82 Å². The smallest absolute Gasteiger partial charge is 0.171 e. The second-order valence-electron chi connectivity index (χ2n) is 4.45. The number of nitrogens with two attached hydrogens (primary N) is 1. The number of aromatic nitrogens is 1. The molecule has 4 heteroatoms. The lowest BCUT2D eigenvalue weighted by Gasteiger charge is -2.37. The summed E-state index contributed by atoms with van der Waals surface area (Å²) in [6.07, 6.45) is 6.57. The molecule has 4 nitrogen and oxygen atoms in total. The van der Waals surface area contributed by atoms with E-state index in [0.717, 1.165) is 31.1 Å². The average molecular weight is 235 g/mol. The third-order valence-electron chi connectivity index (χ3n) is 3.37. The highest BCUT2D eigenvalue weighted by molar-refractivity contribution is 5.53. The van der Waals surface area contributed by atoms with Gasteiger partial charge in [0.2, 0.25) is 0 Å². The van der Waals surface area contributed by atoms with E-state index >= 15 is 0 Å². The SMILES string of the molecule is COc1cccnc1N1CCCCC1CCN. The molecule has 0 bridgehead atoms. The summed E-state index contributed by atoms with van der Waals surface area (Å²) in [5.41, 5.74) is 5.69. The zero-order valence-corrected chi connectivity index (χ0v) is 10.4. The molecule has 0 aliphatic carbocycles. The van der Waals surface area contributed by atoms with Gasteiger partial charge >= 0.3 is 0 Å². The minimum absolute atomic E-state index is 0.512. The predicted molar refractivity (Wildman–Crippen MR) is 69.4 cm³/mol. The lowest BCUT2D eigenvalue weighted by Crippen LogP contribution is -2.41. The Kier molecular flexibility index (Phi) is 4.20. The van der Waals surface area contributed by atoms with Crippen LogP contribution in [-0.4, -0.2) is 31.2 Å². The summed E-state index contributed by atoms with van der Waals surface area (Å²) >= 11 is 0. The van der Waals surface area contributed by atoms with Gasteiger partial charge in [-0.3, -0.25) is 0 Å². The summed E-state index contributed by atoms with van der Waals surface area (Å²) in [7, 11) is 1.70. The van der Waals surface area contributed by atoms with Gasteiger partial charge in [-0.25, -0.2) is 4.98 Å². The highest BCUT2D eigenvalue weighted by Gasteiger charge is 2.24. The van der Waals surface area contributed by atoms with Crippen LogP contribution in [0.25, 0.3) is 0 Å². The molecule has 0 amide bonds. The van der Waals surface area contributed by atoms with Crippen molar-refractivity contribution < 1.29 is 4.74 Å². The van der Waals surface area contributed by atoms with Crippen molar-refractivity contribution in [3.8, 4) is 5.75 Å². The molecule has 2 heterocycles. The normalized spacial score (nSPS) is 20.4. The Balaban J connectivity index is 2.22. The Morgan fingerprint density at radius 1 is 1.53 bits per heavy atom. The van der Waals surface area contributed by atoms with Crippen LogP contribution < -0.4 is 15.4 Å². The van der Waals surface area contributed by atoms with Crippen LogP contribution in [0.15, 0.2) is 18.3 Å². The van der Waals surface area contributed by atoms with Gasteiger partial charge < -0.3 is 15.4 Å². The lowest BCUT2D eigenvalue weighted by atomic mass is 9.99. The molecule has 1 aromatic heterocycles. The Hall–Kier alpha value is -1.29. The molecule has 0 aromatic carbocycles. The maximum absolute atomic E-state index is 5.69. The van der Waals surface area contributed by atoms with Gasteiger partial charge in [0.25, 0.3) is 0 Å². The van der Waals surface area contributed by atoms with Gasteiger partial charge in [0.1, 0.15) is 0 Å². The van der Waals surface area contributed by atoms with Crippen LogP contribution in [0, 0.1) is 0 Å². The number of piperidine rings is 1. The summed E-state index contributed by atoms with van der Waals surface area (Å²) in [5, 5.41) is 0. The minimum Gasteiger partial charge on any atom is -0.493 e. The van der Waals surface area contributed by atoms with Gasteiger partial charge in [-0.1, -0.05) is 0 Å². The summed E-state index contributed by atoms with van der Waals surface area (Å²) in [5.74, 6) is 1.82. The van der Waals surface area contributed by atoms with Gasteiger partial charge in [0.15, 0.2) is 11.6 Å². The fourth-order valence-corrected chi connectivity index (χ4v) is 2.53.